The topological polar surface area (TPSA) is 78.9 Å². The fraction of sp³-hybridized carbons (Fsp3) is 0.800. The van der Waals surface area contributed by atoms with Gasteiger partial charge in [0.1, 0.15) is 0 Å². The number of nitrogens with two attached hydrogens (primary N) is 1. The maximum Gasteiger partial charge on any atom is 0.237 e. The minimum atomic E-state index is -0.435. The maximum atomic E-state index is 11.4. The monoisotopic (exact) mass is 195 g/mol. The van der Waals surface area contributed by atoms with Crippen LogP contribution in [-0.2, 0) is 4.79 Å². The first kappa shape index (κ1) is 11.0. The molecule has 0 radical (unpaired) electrons. The number of carbonyl (C=O) groups is 1. The Morgan fingerprint density at radius 1 is 1.71 bits per heavy atom. The summed E-state index contributed by atoms with van der Waals surface area (Å²) in [5.74, 6) is -0.150. The summed E-state index contributed by atoms with van der Waals surface area (Å²) in [4.78, 5) is 11.4. The van der Waals surface area contributed by atoms with Crippen LogP contribution in [0, 0.1) is 17.2 Å². The average molecular weight is 195 g/mol. The Balaban J connectivity index is 2.44. The molecule has 1 amide bonds. The van der Waals surface area contributed by atoms with Crippen LogP contribution in [0.3, 0.4) is 0 Å². The number of nitrogens with one attached hydrogen (secondary N) is 1. The van der Waals surface area contributed by atoms with Gasteiger partial charge < -0.3 is 11.1 Å². The highest BCUT2D eigenvalue weighted by Gasteiger charge is 2.29. The van der Waals surface area contributed by atoms with Gasteiger partial charge in [0, 0.05) is 6.04 Å². The molecule has 0 bridgehead atoms. The smallest absolute Gasteiger partial charge is 0.237 e. The standard InChI is InChI=1S/C10H17N3O/c1-2-8(12)10(14)13-9-5-3-4-7(9)6-11/h7-9H,2-5,12H2,1H3,(H,13,14). The van der Waals surface area contributed by atoms with E-state index >= 15 is 0 Å². The third-order valence-electron chi connectivity index (χ3n) is 2.79. The van der Waals surface area contributed by atoms with Crippen LogP contribution < -0.4 is 11.1 Å². The number of rotatable bonds is 3. The number of carbonyl (C=O) groups excluding carboxylic acids is 1. The minimum Gasteiger partial charge on any atom is -0.351 e. The zero-order valence-electron chi connectivity index (χ0n) is 8.49. The average Bonchev–Trinajstić information content (AvgIpc) is 2.63. The molecule has 3 N–H and O–H groups in total. The van der Waals surface area contributed by atoms with Crippen LogP contribution in [0.2, 0.25) is 0 Å². The first-order chi connectivity index (χ1) is 6.69. The van der Waals surface area contributed by atoms with Gasteiger partial charge in [-0.1, -0.05) is 6.92 Å². The van der Waals surface area contributed by atoms with Crippen LogP contribution in [0.15, 0.2) is 0 Å². The Morgan fingerprint density at radius 3 is 3.00 bits per heavy atom. The molecule has 1 aliphatic rings. The van der Waals surface area contributed by atoms with Gasteiger partial charge in [-0.2, -0.15) is 5.26 Å². The number of amides is 1. The van der Waals surface area contributed by atoms with Gasteiger partial charge in [-0.25, -0.2) is 0 Å². The van der Waals surface area contributed by atoms with Gasteiger partial charge in [0.25, 0.3) is 0 Å². The van der Waals surface area contributed by atoms with Crippen molar-refractivity contribution in [3.05, 3.63) is 0 Å². The van der Waals surface area contributed by atoms with Crippen LogP contribution in [-0.4, -0.2) is 18.0 Å². The third kappa shape index (κ3) is 2.46. The fourth-order valence-electron chi connectivity index (χ4n) is 1.76. The molecule has 3 unspecified atom stereocenters. The summed E-state index contributed by atoms with van der Waals surface area (Å²) in [6.07, 6.45) is 3.45. The molecule has 4 nitrogen and oxygen atoms in total. The van der Waals surface area contributed by atoms with E-state index in [1.54, 1.807) is 0 Å². The predicted molar refractivity (Wildman–Crippen MR) is 53.2 cm³/mol. The normalized spacial score (nSPS) is 28.1. The molecular weight excluding hydrogens is 178 g/mol. The van der Waals surface area contributed by atoms with Crippen molar-refractivity contribution in [2.45, 2.75) is 44.7 Å². The van der Waals surface area contributed by atoms with E-state index in [2.05, 4.69) is 11.4 Å². The number of hydrogen-bond donors (Lipinski definition) is 2. The Bertz CT molecular complexity index is 246. The lowest BCUT2D eigenvalue weighted by molar-refractivity contribution is -0.123. The molecule has 0 aromatic rings. The molecule has 1 aliphatic carbocycles. The minimum absolute atomic E-state index is 0.0186. The first-order valence-corrected chi connectivity index (χ1v) is 5.14. The molecule has 0 aromatic carbocycles. The van der Waals surface area contributed by atoms with Gasteiger partial charge in [0.05, 0.1) is 18.0 Å². The molecule has 4 heteroatoms. The van der Waals surface area contributed by atoms with Gasteiger partial charge in [-0.15, -0.1) is 0 Å². The summed E-state index contributed by atoms with van der Waals surface area (Å²) >= 11 is 0. The van der Waals surface area contributed by atoms with Gasteiger partial charge >= 0.3 is 0 Å². The van der Waals surface area contributed by atoms with Gasteiger partial charge in [-0.3, -0.25) is 4.79 Å². The highest BCUT2D eigenvalue weighted by atomic mass is 16.2. The van der Waals surface area contributed by atoms with Crippen LogP contribution in [0.25, 0.3) is 0 Å². The van der Waals surface area contributed by atoms with Crippen molar-refractivity contribution in [3.63, 3.8) is 0 Å². The largest absolute Gasteiger partial charge is 0.351 e. The molecule has 0 aliphatic heterocycles. The van der Waals surface area contributed by atoms with Crippen LogP contribution >= 0.6 is 0 Å². The second-order valence-electron chi connectivity index (χ2n) is 3.80. The van der Waals surface area contributed by atoms with Crippen molar-refractivity contribution in [1.29, 1.82) is 5.26 Å². The van der Waals surface area contributed by atoms with Crippen LogP contribution in [0.4, 0.5) is 0 Å². The lowest BCUT2D eigenvalue weighted by Crippen LogP contribution is -2.46. The molecule has 1 saturated carbocycles. The van der Waals surface area contributed by atoms with Gasteiger partial charge in [0.15, 0.2) is 0 Å². The molecular formula is C10H17N3O. The molecule has 0 saturated heterocycles. The Kier molecular flexibility index (Phi) is 3.90. The quantitative estimate of drug-likeness (QED) is 0.689. The number of nitrogens with zero attached hydrogens (tertiary/aromatic N) is 1. The summed E-state index contributed by atoms with van der Waals surface area (Å²) in [6, 6.07) is 1.80. The lowest BCUT2D eigenvalue weighted by atomic mass is 10.1. The van der Waals surface area contributed by atoms with Crippen molar-refractivity contribution < 1.29 is 4.79 Å². The lowest BCUT2D eigenvalue weighted by Gasteiger charge is -2.17. The van der Waals surface area contributed by atoms with E-state index in [1.807, 2.05) is 6.92 Å². The SMILES string of the molecule is CCC(N)C(=O)NC1CCCC1C#N. The molecule has 14 heavy (non-hydrogen) atoms. The summed E-state index contributed by atoms with van der Waals surface area (Å²) in [5, 5.41) is 11.7. The van der Waals surface area contributed by atoms with Crippen molar-refractivity contribution in [3.8, 4) is 6.07 Å². The van der Waals surface area contributed by atoms with Crippen molar-refractivity contribution in [1.82, 2.24) is 5.32 Å². The van der Waals surface area contributed by atoms with Crippen molar-refractivity contribution in [2.75, 3.05) is 0 Å². The van der Waals surface area contributed by atoms with E-state index in [4.69, 9.17) is 11.0 Å². The third-order valence-corrected chi connectivity index (χ3v) is 2.79. The Morgan fingerprint density at radius 2 is 2.43 bits per heavy atom. The molecule has 0 aromatic heterocycles. The summed E-state index contributed by atoms with van der Waals surface area (Å²) in [5.41, 5.74) is 5.59. The maximum absolute atomic E-state index is 11.4. The highest BCUT2D eigenvalue weighted by molar-refractivity contribution is 5.81. The second-order valence-corrected chi connectivity index (χ2v) is 3.80. The number of nitriles is 1. The van der Waals surface area contributed by atoms with E-state index < -0.39 is 6.04 Å². The summed E-state index contributed by atoms with van der Waals surface area (Å²) < 4.78 is 0. The predicted octanol–water partition coefficient (Wildman–Crippen LogP) is 0.532. The van der Waals surface area contributed by atoms with E-state index in [0.29, 0.717) is 6.42 Å². The van der Waals surface area contributed by atoms with E-state index in [1.165, 1.54) is 0 Å². The molecule has 3 atom stereocenters. The molecule has 78 valence electrons. The second kappa shape index (κ2) is 4.97. The van der Waals surface area contributed by atoms with Crippen molar-refractivity contribution in [2.24, 2.45) is 11.7 Å². The number of hydrogen-bond acceptors (Lipinski definition) is 3. The first-order valence-electron chi connectivity index (χ1n) is 5.14. The molecule has 1 rings (SSSR count). The van der Waals surface area contributed by atoms with E-state index in [9.17, 15) is 4.79 Å². The Labute approximate surface area is 84.5 Å². The van der Waals surface area contributed by atoms with E-state index in [0.717, 1.165) is 19.3 Å². The molecule has 1 fully saturated rings. The van der Waals surface area contributed by atoms with Crippen molar-refractivity contribution >= 4 is 5.91 Å². The van der Waals surface area contributed by atoms with E-state index in [-0.39, 0.29) is 17.9 Å². The van der Waals surface area contributed by atoms with Gasteiger partial charge in [0.2, 0.25) is 5.91 Å². The van der Waals surface area contributed by atoms with Gasteiger partial charge in [-0.05, 0) is 25.7 Å². The summed E-state index contributed by atoms with van der Waals surface area (Å²) in [7, 11) is 0. The highest BCUT2D eigenvalue weighted by Crippen LogP contribution is 2.24. The molecule has 0 heterocycles. The summed E-state index contributed by atoms with van der Waals surface area (Å²) in [6.45, 7) is 1.88. The Hall–Kier alpha value is -1.08. The van der Waals surface area contributed by atoms with Crippen LogP contribution in [0.5, 0.6) is 0 Å². The zero-order chi connectivity index (χ0) is 10.6. The fourth-order valence-corrected chi connectivity index (χ4v) is 1.76. The van der Waals surface area contributed by atoms with Crippen LogP contribution in [0.1, 0.15) is 32.6 Å². The molecule has 0 spiro atoms. The zero-order valence-corrected chi connectivity index (χ0v) is 8.49.